The van der Waals surface area contributed by atoms with Crippen molar-refractivity contribution in [3.05, 3.63) is 28.2 Å². The SMILES string of the molecule is O=C(Nc1cccc(Cl)c1Cl)C(F)(F)C(F)(F)F. The summed E-state index contributed by atoms with van der Waals surface area (Å²) >= 11 is 11.0. The number of rotatable bonds is 2. The molecule has 0 aliphatic carbocycles. The number of nitrogens with one attached hydrogen (secondary N) is 1. The van der Waals surface area contributed by atoms with Crippen LogP contribution in [0.5, 0.6) is 0 Å². The van der Waals surface area contributed by atoms with Gasteiger partial charge in [-0.15, -0.1) is 0 Å². The van der Waals surface area contributed by atoms with Crippen LogP contribution in [0, 0.1) is 0 Å². The molecule has 1 amide bonds. The number of hydrogen-bond donors (Lipinski definition) is 1. The number of halogens is 7. The first-order chi connectivity index (χ1) is 8.07. The maximum Gasteiger partial charge on any atom is 0.463 e. The van der Waals surface area contributed by atoms with Crippen molar-refractivity contribution in [2.24, 2.45) is 0 Å². The highest BCUT2D eigenvalue weighted by Crippen LogP contribution is 2.37. The molecule has 1 aromatic rings. The lowest BCUT2D eigenvalue weighted by atomic mass is 10.2. The fourth-order valence-electron chi connectivity index (χ4n) is 0.930. The second-order valence-corrected chi connectivity index (χ2v) is 3.91. The summed E-state index contributed by atoms with van der Waals surface area (Å²) < 4.78 is 60.9. The average Bonchev–Trinajstić information content (AvgIpc) is 2.23. The Labute approximate surface area is 108 Å². The summed E-state index contributed by atoms with van der Waals surface area (Å²) in [6.07, 6.45) is -5.98. The molecule has 1 N–H and O–H groups in total. The summed E-state index contributed by atoms with van der Waals surface area (Å²) in [5.74, 6) is -8.04. The van der Waals surface area contributed by atoms with Crippen molar-refractivity contribution in [3.8, 4) is 0 Å². The number of carbonyl (C=O) groups excluding carboxylic acids is 1. The van der Waals surface area contributed by atoms with Crippen LogP contribution in [0.1, 0.15) is 0 Å². The van der Waals surface area contributed by atoms with E-state index in [-0.39, 0.29) is 10.0 Å². The van der Waals surface area contributed by atoms with E-state index >= 15 is 0 Å². The summed E-state index contributed by atoms with van der Waals surface area (Å²) in [7, 11) is 0. The summed E-state index contributed by atoms with van der Waals surface area (Å²) in [6.45, 7) is 0. The lowest BCUT2D eigenvalue weighted by molar-refractivity contribution is -0.267. The third kappa shape index (κ3) is 2.84. The maximum atomic E-state index is 12.6. The number of benzene rings is 1. The molecule has 0 spiro atoms. The van der Waals surface area contributed by atoms with Gasteiger partial charge in [-0.2, -0.15) is 22.0 Å². The third-order valence-corrected chi connectivity index (χ3v) is 2.66. The number of amides is 1. The predicted octanol–water partition coefficient (Wildman–Crippen LogP) is 4.13. The van der Waals surface area contributed by atoms with Crippen LogP contribution in [0.4, 0.5) is 27.6 Å². The molecule has 1 aromatic carbocycles. The van der Waals surface area contributed by atoms with Crippen molar-refractivity contribution >= 4 is 34.8 Å². The first-order valence-corrected chi connectivity index (χ1v) is 5.03. The van der Waals surface area contributed by atoms with E-state index in [0.29, 0.717) is 0 Å². The summed E-state index contributed by atoms with van der Waals surface area (Å²) in [4.78, 5) is 10.9. The molecular formula is C9H4Cl2F5NO. The van der Waals surface area contributed by atoms with E-state index in [0.717, 1.165) is 6.07 Å². The minimum Gasteiger partial charge on any atom is -0.319 e. The van der Waals surface area contributed by atoms with Crippen molar-refractivity contribution in [2.75, 3.05) is 5.32 Å². The number of hydrogen-bond acceptors (Lipinski definition) is 1. The summed E-state index contributed by atoms with van der Waals surface area (Å²) in [5.41, 5.74) is -0.432. The summed E-state index contributed by atoms with van der Waals surface area (Å²) in [5, 5.41) is 0.951. The Morgan fingerprint density at radius 3 is 2.17 bits per heavy atom. The van der Waals surface area contributed by atoms with Gasteiger partial charge in [0.15, 0.2) is 0 Å². The lowest BCUT2D eigenvalue weighted by Crippen LogP contribution is -2.47. The normalized spacial score (nSPS) is 12.4. The molecule has 100 valence electrons. The Morgan fingerprint density at radius 1 is 1.11 bits per heavy atom. The van der Waals surface area contributed by atoms with Crippen LogP contribution in [-0.4, -0.2) is 18.0 Å². The molecule has 0 saturated heterocycles. The van der Waals surface area contributed by atoms with Gasteiger partial charge in [0.25, 0.3) is 0 Å². The molecule has 2 nitrogen and oxygen atoms in total. The van der Waals surface area contributed by atoms with Crippen LogP contribution in [0.15, 0.2) is 18.2 Å². The van der Waals surface area contributed by atoms with E-state index in [4.69, 9.17) is 23.2 Å². The Morgan fingerprint density at radius 2 is 1.67 bits per heavy atom. The zero-order chi connectivity index (χ0) is 14.1. The van der Waals surface area contributed by atoms with Crippen LogP contribution in [0.25, 0.3) is 0 Å². The van der Waals surface area contributed by atoms with Gasteiger partial charge in [0.2, 0.25) is 0 Å². The maximum absolute atomic E-state index is 12.6. The zero-order valence-electron chi connectivity index (χ0n) is 8.29. The molecule has 0 aliphatic rings. The molecule has 0 aromatic heterocycles. The van der Waals surface area contributed by atoms with Gasteiger partial charge in [-0.1, -0.05) is 29.3 Å². The molecular weight excluding hydrogens is 304 g/mol. The van der Waals surface area contributed by atoms with Crippen molar-refractivity contribution < 1.29 is 26.7 Å². The second-order valence-electron chi connectivity index (χ2n) is 3.13. The van der Waals surface area contributed by atoms with E-state index in [2.05, 4.69) is 0 Å². The van der Waals surface area contributed by atoms with Crippen LogP contribution in [-0.2, 0) is 4.79 Å². The first-order valence-electron chi connectivity index (χ1n) is 4.27. The molecule has 9 heteroatoms. The molecule has 0 radical (unpaired) electrons. The number of alkyl halides is 5. The van der Waals surface area contributed by atoms with Crippen LogP contribution in [0.2, 0.25) is 10.0 Å². The number of anilines is 1. The highest BCUT2D eigenvalue weighted by atomic mass is 35.5. The van der Waals surface area contributed by atoms with Gasteiger partial charge in [0.1, 0.15) is 0 Å². The van der Waals surface area contributed by atoms with Crippen molar-refractivity contribution in [1.29, 1.82) is 0 Å². The highest BCUT2D eigenvalue weighted by molar-refractivity contribution is 6.44. The Hall–Kier alpha value is -1.08. The van der Waals surface area contributed by atoms with Gasteiger partial charge in [-0.25, -0.2) is 0 Å². The van der Waals surface area contributed by atoms with Gasteiger partial charge < -0.3 is 5.32 Å². The fraction of sp³-hybridized carbons (Fsp3) is 0.222. The standard InChI is InChI=1S/C9H4Cl2F5NO/c10-4-2-1-3-5(6(4)11)17-7(18)8(12,13)9(14,15)16/h1-3H,(H,17,18). The van der Waals surface area contributed by atoms with Gasteiger partial charge in [0.05, 0.1) is 15.7 Å². The van der Waals surface area contributed by atoms with E-state index in [1.165, 1.54) is 17.4 Å². The molecule has 1 rings (SSSR count). The minimum atomic E-state index is -5.98. The van der Waals surface area contributed by atoms with Crippen LogP contribution < -0.4 is 5.32 Å². The van der Waals surface area contributed by atoms with Gasteiger partial charge in [-0.3, -0.25) is 4.79 Å². The Balaban J connectivity index is 2.99. The smallest absolute Gasteiger partial charge is 0.319 e. The van der Waals surface area contributed by atoms with E-state index in [9.17, 15) is 26.7 Å². The molecule has 0 fully saturated rings. The first kappa shape index (κ1) is 15.0. The van der Waals surface area contributed by atoms with E-state index in [1.807, 2.05) is 0 Å². The quantitative estimate of drug-likeness (QED) is 0.818. The Kier molecular flexibility index (Phi) is 4.07. The number of carbonyl (C=O) groups is 1. The van der Waals surface area contributed by atoms with Crippen LogP contribution >= 0.6 is 23.2 Å². The van der Waals surface area contributed by atoms with Gasteiger partial charge >= 0.3 is 18.0 Å². The monoisotopic (exact) mass is 307 g/mol. The molecule has 0 bridgehead atoms. The third-order valence-electron chi connectivity index (χ3n) is 1.84. The fourth-order valence-corrected chi connectivity index (χ4v) is 1.28. The van der Waals surface area contributed by atoms with E-state index < -0.39 is 23.7 Å². The molecule has 0 aliphatic heterocycles. The molecule has 0 unspecified atom stereocenters. The minimum absolute atomic E-state index is 0.0928. The van der Waals surface area contributed by atoms with Crippen molar-refractivity contribution in [2.45, 2.75) is 12.1 Å². The highest BCUT2D eigenvalue weighted by Gasteiger charge is 2.63. The Bertz CT molecular complexity index is 475. The molecule has 0 heterocycles. The second kappa shape index (κ2) is 4.89. The molecule has 18 heavy (non-hydrogen) atoms. The molecule has 0 saturated carbocycles. The largest absolute Gasteiger partial charge is 0.463 e. The summed E-state index contributed by atoms with van der Waals surface area (Å²) in [6, 6.07) is 3.55. The van der Waals surface area contributed by atoms with Gasteiger partial charge in [-0.05, 0) is 12.1 Å². The average molecular weight is 308 g/mol. The van der Waals surface area contributed by atoms with Gasteiger partial charge in [0, 0.05) is 0 Å². The zero-order valence-corrected chi connectivity index (χ0v) is 9.80. The van der Waals surface area contributed by atoms with E-state index in [1.54, 1.807) is 0 Å². The van der Waals surface area contributed by atoms with Crippen LogP contribution in [0.3, 0.4) is 0 Å². The predicted molar refractivity (Wildman–Crippen MR) is 56.1 cm³/mol. The van der Waals surface area contributed by atoms with Crippen molar-refractivity contribution in [3.63, 3.8) is 0 Å². The topological polar surface area (TPSA) is 29.1 Å². The lowest BCUT2D eigenvalue weighted by Gasteiger charge is -2.19. The molecule has 0 atom stereocenters. The van der Waals surface area contributed by atoms with Crippen molar-refractivity contribution in [1.82, 2.24) is 0 Å².